The number of hydrogen-bond donors (Lipinski definition) is 1. The van der Waals surface area contributed by atoms with E-state index in [2.05, 4.69) is 0 Å². The molecule has 0 saturated heterocycles. The lowest BCUT2D eigenvalue weighted by Crippen LogP contribution is -2.36. The summed E-state index contributed by atoms with van der Waals surface area (Å²) in [6.45, 7) is 3.97. The topological polar surface area (TPSA) is 20.2 Å². The molecule has 1 aliphatic rings. The molecule has 0 heterocycles. The van der Waals surface area contributed by atoms with Gasteiger partial charge in [-0.25, -0.2) is 0 Å². The first kappa shape index (κ1) is 14.8. The molecule has 4 heteroatoms. The third kappa shape index (κ3) is 4.16. The van der Waals surface area contributed by atoms with Crippen LogP contribution in [0.3, 0.4) is 0 Å². The van der Waals surface area contributed by atoms with Gasteiger partial charge in [0.25, 0.3) is 0 Å². The lowest BCUT2D eigenvalue weighted by atomic mass is 9.75. The zero-order valence-electron chi connectivity index (χ0n) is 10.6. The Bertz CT molecular complexity index is 227. The van der Waals surface area contributed by atoms with Crippen LogP contribution >= 0.6 is 0 Å². The van der Waals surface area contributed by atoms with Crippen LogP contribution in [0.4, 0.5) is 13.2 Å². The Labute approximate surface area is 101 Å². The quantitative estimate of drug-likeness (QED) is 0.796. The first-order valence-electron chi connectivity index (χ1n) is 6.61. The predicted octanol–water partition coefficient (Wildman–Crippen LogP) is 4.15. The lowest BCUT2D eigenvalue weighted by Gasteiger charge is -2.35. The van der Waals surface area contributed by atoms with Gasteiger partial charge in [0.2, 0.25) is 0 Å². The minimum absolute atomic E-state index is 0.108. The van der Waals surface area contributed by atoms with Gasteiger partial charge in [0.15, 0.2) is 0 Å². The summed E-state index contributed by atoms with van der Waals surface area (Å²) >= 11 is 0. The molecule has 1 nitrogen and oxygen atoms in total. The smallest absolute Gasteiger partial charge is 0.391 e. The Morgan fingerprint density at radius 3 is 2.47 bits per heavy atom. The van der Waals surface area contributed by atoms with Crippen molar-refractivity contribution in [2.75, 3.05) is 0 Å². The second kappa shape index (κ2) is 6.07. The molecule has 102 valence electrons. The Balaban J connectivity index is 2.54. The van der Waals surface area contributed by atoms with Crippen LogP contribution < -0.4 is 0 Å². The van der Waals surface area contributed by atoms with Crippen LogP contribution in [0.1, 0.15) is 52.4 Å². The molecule has 1 N–H and O–H groups in total. The zero-order chi connectivity index (χ0) is 13.1. The van der Waals surface area contributed by atoms with Gasteiger partial charge in [-0.15, -0.1) is 0 Å². The van der Waals surface area contributed by atoms with Gasteiger partial charge >= 0.3 is 6.18 Å². The van der Waals surface area contributed by atoms with E-state index in [4.69, 9.17) is 0 Å². The molecule has 0 aromatic heterocycles. The average Bonchev–Trinajstić information content (AvgIpc) is 2.27. The summed E-state index contributed by atoms with van der Waals surface area (Å²) in [5, 5.41) is 10.1. The molecule has 0 radical (unpaired) electrons. The van der Waals surface area contributed by atoms with Gasteiger partial charge in [0, 0.05) is 0 Å². The van der Waals surface area contributed by atoms with Crippen molar-refractivity contribution in [1.29, 1.82) is 0 Å². The van der Waals surface area contributed by atoms with Crippen LogP contribution in [-0.2, 0) is 0 Å². The van der Waals surface area contributed by atoms with E-state index in [-0.39, 0.29) is 24.7 Å². The highest BCUT2D eigenvalue weighted by molar-refractivity contribution is 4.83. The van der Waals surface area contributed by atoms with Gasteiger partial charge in [-0.2, -0.15) is 13.2 Å². The fourth-order valence-corrected chi connectivity index (χ4v) is 2.93. The van der Waals surface area contributed by atoms with Crippen molar-refractivity contribution in [3.05, 3.63) is 0 Å². The van der Waals surface area contributed by atoms with Crippen molar-refractivity contribution >= 4 is 0 Å². The van der Waals surface area contributed by atoms with Crippen molar-refractivity contribution in [3.8, 4) is 0 Å². The summed E-state index contributed by atoms with van der Waals surface area (Å²) in [7, 11) is 0. The Morgan fingerprint density at radius 2 is 1.94 bits per heavy atom. The van der Waals surface area contributed by atoms with Gasteiger partial charge in [0.1, 0.15) is 0 Å². The van der Waals surface area contributed by atoms with Crippen LogP contribution in [0.25, 0.3) is 0 Å². The Hall–Kier alpha value is -0.250. The molecule has 4 atom stereocenters. The highest BCUT2D eigenvalue weighted by Gasteiger charge is 2.43. The number of halogens is 3. The molecule has 0 aromatic rings. The lowest BCUT2D eigenvalue weighted by molar-refractivity contribution is -0.189. The molecule has 0 amide bonds. The fourth-order valence-electron chi connectivity index (χ4n) is 2.93. The summed E-state index contributed by atoms with van der Waals surface area (Å²) in [5.74, 6) is -1.27. The summed E-state index contributed by atoms with van der Waals surface area (Å²) in [6.07, 6.45) is -1.14. The summed E-state index contributed by atoms with van der Waals surface area (Å²) in [5.41, 5.74) is 0. The SMILES string of the molecule is CCCC(C)C(O)C1CCCC(C(F)(F)F)C1. The summed E-state index contributed by atoms with van der Waals surface area (Å²) < 4.78 is 37.9. The van der Waals surface area contributed by atoms with Gasteiger partial charge in [-0.05, 0) is 37.5 Å². The molecule has 1 fully saturated rings. The minimum Gasteiger partial charge on any atom is -0.393 e. The predicted molar refractivity (Wildman–Crippen MR) is 61.6 cm³/mol. The number of alkyl halides is 3. The van der Waals surface area contributed by atoms with E-state index in [0.717, 1.165) is 19.3 Å². The zero-order valence-corrected chi connectivity index (χ0v) is 10.6. The summed E-state index contributed by atoms with van der Waals surface area (Å²) in [4.78, 5) is 0. The van der Waals surface area contributed by atoms with Crippen molar-refractivity contribution in [2.24, 2.45) is 17.8 Å². The molecular weight excluding hydrogens is 229 g/mol. The largest absolute Gasteiger partial charge is 0.393 e. The van der Waals surface area contributed by atoms with Gasteiger partial charge < -0.3 is 5.11 Å². The first-order valence-corrected chi connectivity index (χ1v) is 6.61. The normalized spacial score (nSPS) is 30.0. The van der Waals surface area contributed by atoms with Crippen molar-refractivity contribution in [3.63, 3.8) is 0 Å². The van der Waals surface area contributed by atoms with Crippen molar-refractivity contribution in [1.82, 2.24) is 0 Å². The van der Waals surface area contributed by atoms with E-state index < -0.39 is 18.2 Å². The molecular formula is C13H23F3O. The second-order valence-electron chi connectivity index (χ2n) is 5.42. The van der Waals surface area contributed by atoms with E-state index in [9.17, 15) is 18.3 Å². The fraction of sp³-hybridized carbons (Fsp3) is 1.00. The van der Waals surface area contributed by atoms with Crippen LogP contribution in [0.15, 0.2) is 0 Å². The Morgan fingerprint density at radius 1 is 1.29 bits per heavy atom. The van der Waals surface area contributed by atoms with E-state index >= 15 is 0 Å². The van der Waals surface area contributed by atoms with E-state index in [0.29, 0.717) is 6.42 Å². The highest BCUT2D eigenvalue weighted by atomic mass is 19.4. The standard InChI is InChI=1S/C13H23F3O/c1-3-5-9(2)12(17)10-6-4-7-11(8-10)13(14,15)16/h9-12,17H,3-8H2,1-2H3. The number of rotatable bonds is 4. The third-order valence-corrected chi connectivity index (χ3v) is 3.99. The maximum Gasteiger partial charge on any atom is 0.391 e. The summed E-state index contributed by atoms with van der Waals surface area (Å²) in [6, 6.07) is 0. The maximum absolute atomic E-state index is 12.6. The van der Waals surface area contributed by atoms with E-state index in [1.54, 1.807) is 0 Å². The number of hydrogen-bond acceptors (Lipinski definition) is 1. The van der Waals surface area contributed by atoms with Crippen molar-refractivity contribution < 1.29 is 18.3 Å². The maximum atomic E-state index is 12.6. The van der Waals surface area contributed by atoms with Crippen LogP contribution in [-0.4, -0.2) is 17.4 Å². The molecule has 0 aromatic carbocycles. The second-order valence-corrected chi connectivity index (χ2v) is 5.42. The molecule has 1 aliphatic carbocycles. The average molecular weight is 252 g/mol. The molecule has 0 spiro atoms. The molecule has 0 aliphatic heterocycles. The monoisotopic (exact) mass is 252 g/mol. The first-order chi connectivity index (χ1) is 7.86. The van der Waals surface area contributed by atoms with Gasteiger partial charge in [-0.1, -0.05) is 26.7 Å². The van der Waals surface area contributed by atoms with Gasteiger partial charge in [-0.3, -0.25) is 0 Å². The Kier molecular flexibility index (Phi) is 5.29. The molecule has 4 unspecified atom stereocenters. The number of aliphatic hydroxyl groups excluding tert-OH is 1. The van der Waals surface area contributed by atoms with E-state index in [1.807, 2.05) is 13.8 Å². The van der Waals surface area contributed by atoms with Crippen LogP contribution in [0, 0.1) is 17.8 Å². The molecule has 1 saturated carbocycles. The molecule has 0 bridgehead atoms. The minimum atomic E-state index is -4.09. The third-order valence-electron chi connectivity index (χ3n) is 3.99. The van der Waals surface area contributed by atoms with Gasteiger partial charge in [0.05, 0.1) is 12.0 Å². The highest BCUT2D eigenvalue weighted by Crippen LogP contribution is 2.42. The van der Waals surface area contributed by atoms with Crippen LogP contribution in [0.5, 0.6) is 0 Å². The van der Waals surface area contributed by atoms with Crippen molar-refractivity contribution in [2.45, 2.75) is 64.7 Å². The molecule has 1 rings (SSSR count). The number of aliphatic hydroxyl groups is 1. The van der Waals surface area contributed by atoms with E-state index in [1.165, 1.54) is 0 Å². The molecule has 17 heavy (non-hydrogen) atoms. The van der Waals surface area contributed by atoms with Crippen LogP contribution in [0.2, 0.25) is 0 Å².